The van der Waals surface area contributed by atoms with Crippen LogP contribution in [-0.2, 0) is 9.59 Å². The summed E-state index contributed by atoms with van der Waals surface area (Å²) in [4.78, 5) is 33.1. The van der Waals surface area contributed by atoms with E-state index < -0.39 is 22.8 Å². The highest BCUT2D eigenvalue weighted by Crippen LogP contribution is 2.25. The maximum atomic E-state index is 11.4. The summed E-state index contributed by atoms with van der Waals surface area (Å²) in [7, 11) is 0. The first-order valence-corrected chi connectivity index (χ1v) is 7.50. The van der Waals surface area contributed by atoms with Crippen LogP contribution in [0.25, 0.3) is 0 Å². The third kappa shape index (κ3) is 6.07. The fourth-order valence-electron chi connectivity index (χ4n) is 2.11. The summed E-state index contributed by atoms with van der Waals surface area (Å²) in [6.07, 6.45) is 3.42. The van der Waals surface area contributed by atoms with Gasteiger partial charge in [-0.25, -0.2) is 4.79 Å². The number of rotatable bonds is 9. The summed E-state index contributed by atoms with van der Waals surface area (Å²) in [6.45, 7) is 3.84. The molecule has 0 aliphatic rings. The number of amides is 1. The lowest BCUT2D eigenvalue weighted by Gasteiger charge is -2.14. The number of benzene rings is 1. The Labute approximate surface area is 139 Å². The number of anilines is 1. The molecule has 1 aromatic carbocycles. The number of allylic oxidation sites excluding steroid dienone is 1. The molecule has 0 unspecified atom stereocenters. The number of nitro benzene ring substituents is 1. The molecule has 8 nitrogen and oxygen atoms in total. The lowest BCUT2D eigenvalue weighted by Crippen LogP contribution is -2.40. The predicted molar refractivity (Wildman–Crippen MR) is 89.9 cm³/mol. The second-order valence-corrected chi connectivity index (χ2v) is 5.25. The number of hydrogen-bond acceptors (Lipinski definition) is 5. The first kappa shape index (κ1) is 19.1. The number of carbonyl (C=O) groups is 2. The third-order valence-corrected chi connectivity index (χ3v) is 3.27. The predicted octanol–water partition coefficient (Wildman–Crippen LogP) is 2.24. The van der Waals surface area contributed by atoms with Crippen molar-refractivity contribution in [2.24, 2.45) is 0 Å². The van der Waals surface area contributed by atoms with Crippen LogP contribution in [0.3, 0.4) is 0 Å². The number of nitrogens with one attached hydrogen (secondary N) is 2. The summed E-state index contributed by atoms with van der Waals surface area (Å²) in [6, 6.07) is 3.75. The zero-order valence-corrected chi connectivity index (χ0v) is 13.6. The number of carboxylic acids is 1. The molecule has 8 heteroatoms. The van der Waals surface area contributed by atoms with Crippen molar-refractivity contribution in [3.63, 3.8) is 0 Å². The highest BCUT2D eigenvalue weighted by Gasteiger charge is 2.18. The van der Waals surface area contributed by atoms with Crippen LogP contribution < -0.4 is 10.6 Å². The van der Waals surface area contributed by atoms with Gasteiger partial charge in [0.05, 0.1) is 4.92 Å². The van der Waals surface area contributed by atoms with Crippen molar-refractivity contribution in [3.8, 4) is 0 Å². The summed E-state index contributed by atoms with van der Waals surface area (Å²) in [5, 5.41) is 25.4. The lowest BCUT2D eigenvalue weighted by molar-refractivity contribution is -0.384. The van der Waals surface area contributed by atoms with Crippen LogP contribution in [-0.4, -0.2) is 34.5 Å². The maximum Gasteiger partial charge on any atom is 0.326 e. The Hall–Kier alpha value is -2.90. The van der Waals surface area contributed by atoms with Gasteiger partial charge in [-0.15, -0.1) is 0 Å². The molecule has 1 rings (SSSR count). The van der Waals surface area contributed by atoms with Crippen molar-refractivity contribution in [2.45, 2.75) is 32.7 Å². The molecule has 1 amide bonds. The molecule has 0 spiro atoms. The summed E-state index contributed by atoms with van der Waals surface area (Å²) < 4.78 is 0. The second kappa shape index (κ2) is 9.29. The van der Waals surface area contributed by atoms with E-state index in [0.717, 1.165) is 5.56 Å². The Morgan fingerprint density at radius 2 is 2.12 bits per heavy atom. The number of carboxylic acid groups (broad SMARTS) is 1. The Kier molecular flexibility index (Phi) is 7.41. The molecule has 0 aliphatic heterocycles. The van der Waals surface area contributed by atoms with Crippen molar-refractivity contribution < 1.29 is 19.6 Å². The van der Waals surface area contributed by atoms with E-state index in [0.29, 0.717) is 18.7 Å². The Morgan fingerprint density at radius 3 is 2.71 bits per heavy atom. The minimum atomic E-state index is -1.12. The quantitative estimate of drug-likeness (QED) is 0.275. The third-order valence-electron chi connectivity index (χ3n) is 3.27. The smallest absolute Gasteiger partial charge is 0.326 e. The molecule has 0 aromatic heterocycles. The number of aryl methyl sites for hydroxylation is 1. The highest BCUT2D eigenvalue weighted by atomic mass is 16.6. The number of hydrogen-bond donors (Lipinski definition) is 3. The van der Waals surface area contributed by atoms with Gasteiger partial charge in [0.25, 0.3) is 5.69 Å². The molecule has 0 bridgehead atoms. The number of nitrogens with zero attached hydrogens (tertiary/aromatic N) is 1. The average molecular weight is 335 g/mol. The van der Waals surface area contributed by atoms with Gasteiger partial charge < -0.3 is 15.7 Å². The molecule has 0 aliphatic carbocycles. The molecule has 0 saturated carbocycles. The van der Waals surface area contributed by atoms with Crippen LogP contribution in [0.4, 0.5) is 11.4 Å². The van der Waals surface area contributed by atoms with Crippen LogP contribution in [0.1, 0.15) is 25.3 Å². The molecule has 24 heavy (non-hydrogen) atoms. The molecule has 1 atom stereocenters. The van der Waals surface area contributed by atoms with Gasteiger partial charge >= 0.3 is 5.97 Å². The molecular weight excluding hydrogens is 314 g/mol. The minimum Gasteiger partial charge on any atom is -0.480 e. The normalized spacial score (nSPS) is 11.9. The van der Waals surface area contributed by atoms with Gasteiger partial charge in [-0.2, -0.15) is 0 Å². The van der Waals surface area contributed by atoms with E-state index in [-0.39, 0.29) is 12.1 Å². The van der Waals surface area contributed by atoms with Gasteiger partial charge in [-0.1, -0.05) is 12.1 Å². The van der Waals surface area contributed by atoms with Crippen molar-refractivity contribution in [1.82, 2.24) is 5.32 Å². The Balaban J connectivity index is 2.57. The maximum absolute atomic E-state index is 11.4. The zero-order chi connectivity index (χ0) is 18.1. The average Bonchev–Trinajstić information content (AvgIpc) is 2.50. The monoisotopic (exact) mass is 335 g/mol. The van der Waals surface area contributed by atoms with Crippen molar-refractivity contribution in [3.05, 3.63) is 46.0 Å². The first-order chi connectivity index (χ1) is 11.3. The molecule has 0 radical (unpaired) electrons. The van der Waals surface area contributed by atoms with Gasteiger partial charge in [0, 0.05) is 12.6 Å². The molecule has 1 aromatic rings. The number of nitro groups is 1. The van der Waals surface area contributed by atoms with E-state index in [1.807, 2.05) is 6.92 Å². The zero-order valence-electron chi connectivity index (χ0n) is 13.6. The largest absolute Gasteiger partial charge is 0.480 e. The van der Waals surface area contributed by atoms with Crippen LogP contribution in [0.2, 0.25) is 0 Å². The first-order valence-electron chi connectivity index (χ1n) is 7.50. The molecule has 3 N–H and O–H groups in total. The fourth-order valence-corrected chi connectivity index (χ4v) is 2.11. The SMILES string of the molecule is CC=CC(=O)N[C@@H](CCCNc1cc(C)ccc1[N+](=O)[O-])C(=O)O. The van der Waals surface area contributed by atoms with Crippen molar-refractivity contribution in [2.75, 3.05) is 11.9 Å². The summed E-state index contributed by atoms with van der Waals surface area (Å²) in [5.74, 6) is -1.58. The van der Waals surface area contributed by atoms with Crippen LogP contribution in [0.5, 0.6) is 0 Å². The second-order valence-electron chi connectivity index (χ2n) is 5.25. The van der Waals surface area contributed by atoms with Gasteiger partial charge in [-0.05, 0) is 44.4 Å². The number of aliphatic carboxylic acids is 1. The van der Waals surface area contributed by atoms with Crippen LogP contribution in [0.15, 0.2) is 30.4 Å². The van der Waals surface area contributed by atoms with E-state index in [1.165, 1.54) is 18.2 Å². The van der Waals surface area contributed by atoms with Gasteiger partial charge in [0.15, 0.2) is 0 Å². The van der Waals surface area contributed by atoms with E-state index in [2.05, 4.69) is 10.6 Å². The molecule has 130 valence electrons. The molecular formula is C16H21N3O5. The highest BCUT2D eigenvalue weighted by molar-refractivity contribution is 5.90. The molecule has 0 heterocycles. The van der Waals surface area contributed by atoms with Crippen LogP contribution >= 0.6 is 0 Å². The van der Waals surface area contributed by atoms with Gasteiger partial charge in [0.2, 0.25) is 5.91 Å². The Bertz CT molecular complexity index is 643. The molecule has 0 fully saturated rings. The van der Waals surface area contributed by atoms with Gasteiger partial charge in [-0.3, -0.25) is 14.9 Å². The molecule has 0 saturated heterocycles. The summed E-state index contributed by atoms with van der Waals surface area (Å²) >= 11 is 0. The Morgan fingerprint density at radius 1 is 1.42 bits per heavy atom. The van der Waals surface area contributed by atoms with E-state index in [1.54, 1.807) is 19.1 Å². The summed E-state index contributed by atoms with van der Waals surface area (Å²) in [5.41, 5.74) is 1.24. The lowest BCUT2D eigenvalue weighted by atomic mass is 10.1. The van der Waals surface area contributed by atoms with E-state index in [4.69, 9.17) is 5.11 Å². The standard InChI is InChI=1S/C16H21N3O5/c1-3-5-15(20)18-12(16(21)22)6-4-9-17-13-10-11(2)7-8-14(13)19(23)24/h3,5,7-8,10,12,17H,4,6,9H2,1-2H3,(H,18,20)(H,21,22)/t12-/m0/s1. The minimum absolute atomic E-state index is 0.0308. The van der Waals surface area contributed by atoms with Crippen LogP contribution in [0, 0.1) is 17.0 Å². The van der Waals surface area contributed by atoms with Crippen molar-refractivity contribution >= 4 is 23.3 Å². The van der Waals surface area contributed by atoms with E-state index >= 15 is 0 Å². The fraction of sp³-hybridized carbons (Fsp3) is 0.375. The van der Waals surface area contributed by atoms with Gasteiger partial charge in [0.1, 0.15) is 11.7 Å². The number of carbonyl (C=O) groups excluding carboxylic acids is 1. The van der Waals surface area contributed by atoms with E-state index in [9.17, 15) is 19.7 Å². The topological polar surface area (TPSA) is 122 Å². The van der Waals surface area contributed by atoms with Crippen molar-refractivity contribution in [1.29, 1.82) is 0 Å².